The van der Waals surface area contributed by atoms with Crippen LogP contribution >= 0.6 is 0 Å². The molecular weight excluding hydrogens is 275 g/mol. The first-order chi connectivity index (χ1) is 10.1. The number of amides is 1. The Morgan fingerprint density at radius 2 is 2.05 bits per heavy atom. The van der Waals surface area contributed by atoms with Crippen LogP contribution in [0.5, 0.6) is 0 Å². The van der Waals surface area contributed by atoms with Gasteiger partial charge in [-0.2, -0.15) is 0 Å². The molecule has 108 valence electrons. The summed E-state index contributed by atoms with van der Waals surface area (Å²) in [5.74, 6) is -2.23. The van der Waals surface area contributed by atoms with E-state index in [4.69, 9.17) is 0 Å². The number of pyridine rings is 1. The van der Waals surface area contributed by atoms with Crippen LogP contribution in [0.15, 0.2) is 48.7 Å². The van der Waals surface area contributed by atoms with Crippen LogP contribution in [0, 0.1) is 5.82 Å². The fourth-order valence-electron chi connectivity index (χ4n) is 1.83. The van der Waals surface area contributed by atoms with Crippen molar-refractivity contribution in [2.75, 3.05) is 0 Å². The van der Waals surface area contributed by atoms with Crippen molar-refractivity contribution in [1.82, 2.24) is 10.3 Å². The quantitative estimate of drug-likeness (QED) is 0.876. The van der Waals surface area contributed by atoms with E-state index >= 15 is 0 Å². The molecule has 6 heteroatoms. The molecule has 0 saturated heterocycles. The van der Waals surface area contributed by atoms with Crippen molar-refractivity contribution in [2.24, 2.45) is 0 Å². The number of nitrogens with zero attached hydrogens (tertiary/aromatic N) is 1. The molecule has 21 heavy (non-hydrogen) atoms. The van der Waals surface area contributed by atoms with Gasteiger partial charge in [0.1, 0.15) is 17.6 Å². The van der Waals surface area contributed by atoms with E-state index in [2.05, 4.69) is 10.3 Å². The third kappa shape index (κ3) is 4.10. The van der Waals surface area contributed by atoms with Crippen LogP contribution in [0.25, 0.3) is 0 Å². The van der Waals surface area contributed by atoms with Crippen LogP contribution in [0.2, 0.25) is 0 Å². The molecule has 0 fully saturated rings. The van der Waals surface area contributed by atoms with Gasteiger partial charge in [0.25, 0.3) is 5.91 Å². The average molecular weight is 288 g/mol. The highest BCUT2D eigenvalue weighted by Gasteiger charge is 2.21. The van der Waals surface area contributed by atoms with E-state index in [1.807, 2.05) is 0 Å². The number of carboxylic acids is 1. The lowest BCUT2D eigenvalue weighted by atomic mass is 10.1. The summed E-state index contributed by atoms with van der Waals surface area (Å²) in [4.78, 5) is 27.0. The van der Waals surface area contributed by atoms with Gasteiger partial charge < -0.3 is 10.4 Å². The average Bonchev–Trinajstić information content (AvgIpc) is 2.47. The lowest BCUT2D eigenvalue weighted by Crippen LogP contribution is -2.42. The molecule has 0 aliphatic rings. The van der Waals surface area contributed by atoms with Crippen LogP contribution < -0.4 is 5.32 Å². The first-order valence-corrected chi connectivity index (χ1v) is 6.25. The third-order valence-electron chi connectivity index (χ3n) is 2.83. The lowest BCUT2D eigenvalue weighted by molar-refractivity contribution is -0.139. The Bertz CT molecular complexity index is 646. The first kappa shape index (κ1) is 14.6. The minimum Gasteiger partial charge on any atom is -0.480 e. The predicted octanol–water partition coefficient (Wildman–Crippen LogP) is 1.65. The molecule has 1 atom stereocenters. The zero-order chi connectivity index (χ0) is 15.2. The summed E-state index contributed by atoms with van der Waals surface area (Å²) < 4.78 is 13.1. The van der Waals surface area contributed by atoms with Gasteiger partial charge in [-0.05, 0) is 29.8 Å². The van der Waals surface area contributed by atoms with E-state index in [9.17, 15) is 19.1 Å². The molecule has 0 saturated carbocycles. The first-order valence-electron chi connectivity index (χ1n) is 6.25. The molecule has 2 aromatic rings. The van der Waals surface area contributed by atoms with E-state index in [-0.39, 0.29) is 12.1 Å². The van der Waals surface area contributed by atoms with Crippen molar-refractivity contribution in [3.8, 4) is 0 Å². The number of nitrogens with one attached hydrogen (secondary N) is 1. The van der Waals surface area contributed by atoms with Crippen LogP contribution in [-0.4, -0.2) is 28.0 Å². The van der Waals surface area contributed by atoms with Gasteiger partial charge in [-0.15, -0.1) is 0 Å². The lowest BCUT2D eigenvalue weighted by Gasteiger charge is -2.14. The molecule has 1 aromatic heterocycles. The van der Waals surface area contributed by atoms with Gasteiger partial charge in [-0.25, -0.2) is 9.18 Å². The van der Waals surface area contributed by atoms with Gasteiger partial charge in [0.05, 0.1) is 0 Å². The zero-order valence-corrected chi connectivity index (χ0v) is 11.0. The van der Waals surface area contributed by atoms with Crippen LogP contribution in [0.3, 0.4) is 0 Å². The molecule has 0 radical (unpaired) electrons. The number of aromatic nitrogens is 1. The second-order valence-electron chi connectivity index (χ2n) is 4.41. The number of carboxylic acid groups (broad SMARTS) is 1. The number of carbonyl (C=O) groups is 2. The molecule has 0 spiro atoms. The number of aliphatic carboxylic acids is 1. The Kier molecular flexibility index (Phi) is 4.61. The third-order valence-corrected chi connectivity index (χ3v) is 2.83. The zero-order valence-electron chi connectivity index (χ0n) is 11.0. The highest BCUT2D eigenvalue weighted by molar-refractivity contribution is 5.94. The van der Waals surface area contributed by atoms with Gasteiger partial charge in [0.15, 0.2) is 0 Å². The Hall–Kier alpha value is -2.76. The fraction of sp³-hybridized carbons (Fsp3) is 0.133. The Morgan fingerprint density at radius 3 is 2.67 bits per heavy atom. The number of hydrogen-bond donors (Lipinski definition) is 2. The summed E-state index contributed by atoms with van der Waals surface area (Å²) in [7, 11) is 0. The maximum Gasteiger partial charge on any atom is 0.326 e. The monoisotopic (exact) mass is 288 g/mol. The van der Waals surface area contributed by atoms with Gasteiger partial charge in [-0.3, -0.25) is 9.78 Å². The molecule has 1 amide bonds. The summed E-state index contributed by atoms with van der Waals surface area (Å²) >= 11 is 0. The minimum absolute atomic E-state index is 0.00827. The van der Waals surface area contributed by atoms with Crippen molar-refractivity contribution in [3.63, 3.8) is 0 Å². The molecule has 1 aromatic carbocycles. The van der Waals surface area contributed by atoms with Crippen LogP contribution in [0.4, 0.5) is 4.39 Å². The molecule has 0 aliphatic carbocycles. The van der Waals surface area contributed by atoms with Crippen molar-refractivity contribution in [3.05, 3.63) is 65.7 Å². The van der Waals surface area contributed by atoms with Gasteiger partial charge in [-0.1, -0.05) is 18.2 Å². The number of rotatable bonds is 5. The predicted molar refractivity (Wildman–Crippen MR) is 73.2 cm³/mol. The number of carbonyl (C=O) groups excluding carboxylic acids is 1. The highest BCUT2D eigenvalue weighted by Crippen LogP contribution is 2.07. The van der Waals surface area contributed by atoms with Crippen LogP contribution in [0.1, 0.15) is 16.1 Å². The molecule has 1 heterocycles. The largest absolute Gasteiger partial charge is 0.480 e. The fourth-order valence-corrected chi connectivity index (χ4v) is 1.83. The normalized spacial score (nSPS) is 11.7. The van der Waals surface area contributed by atoms with Crippen LogP contribution in [-0.2, 0) is 11.2 Å². The van der Waals surface area contributed by atoms with Gasteiger partial charge in [0.2, 0.25) is 0 Å². The van der Waals surface area contributed by atoms with E-state index in [1.54, 1.807) is 18.2 Å². The molecular formula is C15H13FN2O3. The van der Waals surface area contributed by atoms with E-state index in [1.165, 1.54) is 30.5 Å². The molecule has 0 bridgehead atoms. The topological polar surface area (TPSA) is 79.3 Å². The number of hydrogen-bond acceptors (Lipinski definition) is 3. The second-order valence-corrected chi connectivity index (χ2v) is 4.41. The van der Waals surface area contributed by atoms with Gasteiger partial charge in [0, 0.05) is 12.6 Å². The van der Waals surface area contributed by atoms with Crippen molar-refractivity contribution in [2.45, 2.75) is 12.5 Å². The summed E-state index contributed by atoms with van der Waals surface area (Å²) in [5.41, 5.74) is 0.617. The summed E-state index contributed by atoms with van der Waals surface area (Å²) in [6, 6.07) is 9.21. The summed E-state index contributed by atoms with van der Waals surface area (Å²) in [5, 5.41) is 11.5. The van der Waals surface area contributed by atoms with Gasteiger partial charge >= 0.3 is 5.97 Å². The van der Waals surface area contributed by atoms with E-state index in [0.29, 0.717) is 5.56 Å². The highest BCUT2D eigenvalue weighted by atomic mass is 19.1. The molecule has 5 nitrogen and oxygen atoms in total. The Balaban J connectivity index is 2.09. The summed E-state index contributed by atoms with van der Waals surface area (Å²) in [6.45, 7) is 0. The Labute approximate surface area is 120 Å². The van der Waals surface area contributed by atoms with E-state index < -0.39 is 23.7 Å². The van der Waals surface area contributed by atoms with Crippen molar-refractivity contribution in [1.29, 1.82) is 0 Å². The second kappa shape index (κ2) is 6.60. The van der Waals surface area contributed by atoms with E-state index in [0.717, 1.165) is 0 Å². The van der Waals surface area contributed by atoms with Crippen molar-refractivity contribution < 1.29 is 19.1 Å². The van der Waals surface area contributed by atoms with Crippen molar-refractivity contribution >= 4 is 11.9 Å². The standard InChI is InChI=1S/C15H13FN2O3/c16-11-5-3-4-10(8-11)9-13(15(20)21)18-14(19)12-6-1-2-7-17-12/h1-8,13H,9H2,(H,18,19)(H,20,21). The number of benzene rings is 1. The minimum atomic E-state index is -1.19. The SMILES string of the molecule is O=C(NC(Cc1cccc(F)c1)C(=O)O)c1ccccn1. The Morgan fingerprint density at radius 1 is 1.24 bits per heavy atom. The molecule has 1 unspecified atom stereocenters. The maximum absolute atomic E-state index is 13.1. The maximum atomic E-state index is 13.1. The number of halogens is 1. The summed E-state index contributed by atoms with van der Waals surface area (Å²) in [6.07, 6.45) is 1.43. The molecule has 0 aliphatic heterocycles. The molecule has 2 N–H and O–H groups in total. The molecule has 2 rings (SSSR count). The smallest absolute Gasteiger partial charge is 0.326 e.